The molecule has 0 atom stereocenters. The highest BCUT2D eigenvalue weighted by Gasteiger charge is 2.11. The summed E-state index contributed by atoms with van der Waals surface area (Å²) in [5, 5.41) is 3.43. The Labute approximate surface area is 205 Å². The molecule has 168 valence electrons. The molecule has 2 heterocycles. The average molecular weight is 481 g/mol. The number of benzene rings is 4. The zero-order chi connectivity index (χ0) is 23.7. The van der Waals surface area contributed by atoms with E-state index in [1.807, 2.05) is 72.8 Å². The van der Waals surface area contributed by atoms with Crippen molar-refractivity contribution in [1.82, 2.24) is 0 Å². The van der Waals surface area contributed by atoms with E-state index in [2.05, 4.69) is 26.0 Å². The standard InChI is InChI=1S/C17H16OS.C13H8OS/c1-3-11-9-10-15-16(12(11)4-2)17(18)13-7-5-6-8-14(13)19-15;14-13-9-5-1-3-7-11(9)15-12-8-4-2-6-10(12)13/h5-10H,3-4H2,1-2H3;1-8H. The Morgan fingerprint density at radius 1 is 0.529 bits per heavy atom. The predicted molar refractivity (Wildman–Crippen MR) is 150 cm³/mol. The van der Waals surface area contributed by atoms with Gasteiger partial charge in [-0.3, -0.25) is 9.59 Å². The second-order valence-corrected chi connectivity index (χ2v) is 10.3. The highest BCUT2D eigenvalue weighted by atomic mass is 32.1. The number of fused-ring (bicyclic) bond motifs is 4. The Bertz CT molecular complexity index is 1720. The molecule has 0 aliphatic carbocycles. The molecule has 0 saturated carbocycles. The molecule has 4 heteroatoms. The predicted octanol–water partition coefficient (Wildman–Crippen LogP) is 7.95. The van der Waals surface area contributed by atoms with Gasteiger partial charge in [0, 0.05) is 40.3 Å². The lowest BCUT2D eigenvalue weighted by atomic mass is 9.98. The van der Waals surface area contributed by atoms with Crippen molar-refractivity contribution < 1.29 is 0 Å². The topological polar surface area (TPSA) is 34.1 Å². The molecule has 0 N–H and O–H groups in total. The van der Waals surface area contributed by atoms with Crippen molar-refractivity contribution in [1.29, 1.82) is 0 Å². The van der Waals surface area contributed by atoms with Gasteiger partial charge in [-0.1, -0.05) is 56.3 Å². The monoisotopic (exact) mass is 480 g/mol. The van der Waals surface area contributed by atoms with Crippen LogP contribution in [0.1, 0.15) is 25.0 Å². The van der Waals surface area contributed by atoms with Gasteiger partial charge in [0.2, 0.25) is 0 Å². The van der Waals surface area contributed by atoms with E-state index in [4.69, 9.17) is 0 Å². The van der Waals surface area contributed by atoms with E-state index in [0.717, 1.165) is 53.2 Å². The quantitative estimate of drug-likeness (QED) is 0.236. The Balaban J connectivity index is 0.000000145. The third kappa shape index (κ3) is 3.93. The lowest BCUT2D eigenvalue weighted by Crippen LogP contribution is -2.06. The summed E-state index contributed by atoms with van der Waals surface area (Å²) in [6.45, 7) is 4.28. The van der Waals surface area contributed by atoms with Gasteiger partial charge >= 0.3 is 0 Å². The normalized spacial score (nSPS) is 11.1. The van der Waals surface area contributed by atoms with Gasteiger partial charge in [-0.25, -0.2) is 0 Å². The third-order valence-electron chi connectivity index (χ3n) is 6.17. The number of aryl methyl sites for hydroxylation is 2. The van der Waals surface area contributed by atoms with Gasteiger partial charge in [0.15, 0.2) is 10.9 Å². The first-order valence-corrected chi connectivity index (χ1v) is 13.1. The molecule has 0 spiro atoms. The molecular weight excluding hydrogens is 456 g/mol. The van der Waals surface area contributed by atoms with Crippen LogP contribution in [0, 0.1) is 0 Å². The van der Waals surface area contributed by atoms with Crippen LogP contribution in [0.2, 0.25) is 0 Å². The van der Waals surface area contributed by atoms with E-state index in [9.17, 15) is 9.59 Å². The molecule has 0 aliphatic heterocycles. The zero-order valence-electron chi connectivity index (χ0n) is 19.1. The largest absolute Gasteiger partial charge is 0.289 e. The molecule has 2 nitrogen and oxygen atoms in total. The molecule has 34 heavy (non-hydrogen) atoms. The van der Waals surface area contributed by atoms with E-state index in [0.29, 0.717) is 0 Å². The fourth-order valence-corrected chi connectivity index (χ4v) is 6.66. The molecule has 0 aliphatic rings. The average Bonchev–Trinajstić information content (AvgIpc) is 2.89. The molecule has 6 aromatic rings. The molecule has 0 saturated heterocycles. The summed E-state index contributed by atoms with van der Waals surface area (Å²) in [4.78, 5) is 24.8. The summed E-state index contributed by atoms with van der Waals surface area (Å²) in [5.41, 5.74) is 2.86. The maximum absolute atomic E-state index is 12.7. The van der Waals surface area contributed by atoms with Gasteiger partial charge in [0.1, 0.15) is 0 Å². The van der Waals surface area contributed by atoms with E-state index < -0.39 is 0 Å². The second kappa shape index (κ2) is 9.49. The van der Waals surface area contributed by atoms with Crippen molar-refractivity contribution in [2.45, 2.75) is 26.7 Å². The number of hydrogen-bond donors (Lipinski definition) is 0. The number of rotatable bonds is 2. The minimum Gasteiger partial charge on any atom is -0.289 e. The Kier molecular flexibility index (Phi) is 6.27. The molecule has 2 aromatic heterocycles. The molecule has 0 bridgehead atoms. The lowest BCUT2D eigenvalue weighted by Gasteiger charge is -2.10. The van der Waals surface area contributed by atoms with Gasteiger partial charge in [-0.2, -0.15) is 0 Å². The third-order valence-corrected chi connectivity index (χ3v) is 8.46. The van der Waals surface area contributed by atoms with Crippen molar-refractivity contribution in [3.8, 4) is 0 Å². The molecule has 6 rings (SSSR count). The Morgan fingerprint density at radius 2 is 1.00 bits per heavy atom. The van der Waals surface area contributed by atoms with Crippen LogP contribution >= 0.6 is 22.7 Å². The van der Waals surface area contributed by atoms with E-state index in [1.165, 1.54) is 11.1 Å². The molecule has 0 fully saturated rings. The molecule has 0 amide bonds. The summed E-state index contributed by atoms with van der Waals surface area (Å²) in [6, 6.07) is 27.7. The first-order valence-electron chi connectivity index (χ1n) is 11.5. The molecule has 0 unspecified atom stereocenters. The van der Waals surface area contributed by atoms with Crippen LogP contribution in [0.3, 0.4) is 0 Å². The minimum atomic E-state index is 0.139. The van der Waals surface area contributed by atoms with Gasteiger partial charge in [0.25, 0.3) is 0 Å². The second-order valence-electron chi connectivity index (χ2n) is 8.13. The fraction of sp³-hybridized carbons (Fsp3) is 0.133. The van der Waals surface area contributed by atoms with Crippen LogP contribution in [-0.4, -0.2) is 0 Å². The lowest BCUT2D eigenvalue weighted by molar-refractivity contribution is 1.05. The van der Waals surface area contributed by atoms with Gasteiger partial charge in [-0.15, -0.1) is 22.7 Å². The summed E-state index contributed by atoms with van der Waals surface area (Å²) in [5.74, 6) is 0. The SMILES string of the molecule is CCc1ccc2sc3ccccc3c(=O)c2c1CC.O=c1c2ccccc2sc2ccccc12. The number of hydrogen-bond acceptors (Lipinski definition) is 4. The van der Waals surface area contributed by atoms with E-state index in [1.54, 1.807) is 22.7 Å². The fourth-order valence-electron chi connectivity index (χ4n) is 4.48. The van der Waals surface area contributed by atoms with Crippen molar-refractivity contribution in [2.24, 2.45) is 0 Å². The summed E-state index contributed by atoms with van der Waals surface area (Å²) in [7, 11) is 0. The summed E-state index contributed by atoms with van der Waals surface area (Å²) >= 11 is 3.38. The summed E-state index contributed by atoms with van der Waals surface area (Å²) in [6.07, 6.45) is 1.90. The maximum atomic E-state index is 12.7. The van der Waals surface area contributed by atoms with Crippen molar-refractivity contribution in [3.63, 3.8) is 0 Å². The van der Waals surface area contributed by atoms with Crippen molar-refractivity contribution >= 4 is 63.0 Å². The first kappa shape index (κ1) is 22.5. The van der Waals surface area contributed by atoms with Gasteiger partial charge in [-0.05, 0) is 66.4 Å². The smallest absolute Gasteiger partial charge is 0.196 e. The maximum Gasteiger partial charge on any atom is 0.196 e. The minimum absolute atomic E-state index is 0.139. The zero-order valence-corrected chi connectivity index (χ0v) is 20.8. The van der Waals surface area contributed by atoms with Crippen LogP contribution < -0.4 is 10.9 Å². The first-order chi connectivity index (χ1) is 16.6. The van der Waals surface area contributed by atoms with Gasteiger partial charge in [0.05, 0.1) is 0 Å². The van der Waals surface area contributed by atoms with Crippen LogP contribution in [-0.2, 0) is 12.8 Å². The Morgan fingerprint density at radius 3 is 1.50 bits per heavy atom. The van der Waals surface area contributed by atoms with Crippen molar-refractivity contribution in [2.75, 3.05) is 0 Å². The van der Waals surface area contributed by atoms with Gasteiger partial charge < -0.3 is 0 Å². The van der Waals surface area contributed by atoms with Crippen LogP contribution in [0.25, 0.3) is 40.3 Å². The molecule has 0 radical (unpaired) electrons. The van der Waals surface area contributed by atoms with Crippen LogP contribution in [0.15, 0.2) is 94.5 Å². The Hall–Kier alpha value is -3.34. The highest BCUT2D eigenvalue weighted by Crippen LogP contribution is 2.29. The molecule has 4 aromatic carbocycles. The van der Waals surface area contributed by atoms with Crippen molar-refractivity contribution in [3.05, 3.63) is 117 Å². The van der Waals surface area contributed by atoms with E-state index in [-0.39, 0.29) is 10.9 Å². The molecular formula is C30H24O2S2. The summed E-state index contributed by atoms with van der Waals surface area (Å²) < 4.78 is 4.30. The van der Waals surface area contributed by atoms with Crippen LogP contribution in [0.4, 0.5) is 0 Å². The van der Waals surface area contributed by atoms with Crippen LogP contribution in [0.5, 0.6) is 0 Å². The van der Waals surface area contributed by atoms with E-state index >= 15 is 0 Å². The highest BCUT2D eigenvalue weighted by molar-refractivity contribution is 7.24.